The van der Waals surface area contributed by atoms with E-state index in [9.17, 15) is 10.0 Å². The average molecular weight is 446 g/mol. The molecule has 33 heavy (non-hydrogen) atoms. The van der Waals surface area contributed by atoms with E-state index in [1.165, 1.54) is 11.6 Å². The molecule has 5 heteroatoms. The molecule has 2 rings (SSSR count). The molecule has 1 aromatic rings. The number of terminal acetylenes is 2. The molecule has 5 nitrogen and oxygen atoms in total. The summed E-state index contributed by atoms with van der Waals surface area (Å²) < 4.78 is 0. The normalized spacial score (nSPS) is 14.4. The van der Waals surface area contributed by atoms with Gasteiger partial charge in [0.25, 0.3) is 5.91 Å². The second-order valence-corrected chi connectivity index (χ2v) is 7.09. The molecule has 0 fully saturated rings. The van der Waals surface area contributed by atoms with Crippen LogP contribution < -0.4 is 5.32 Å². The van der Waals surface area contributed by atoms with Crippen LogP contribution in [0.5, 0.6) is 0 Å². The SMILES string of the molecule is C#CC.C#CC.C/C=C\C=C(/C)c1ccccc1CNC1=CC(=O)N(O)C(=NC)C1=C(C)C. The van der Waals surface area contributed by atoms with E-state index in [4.69, 9.17) is 0 Å². The van der Waals surface area contributed by atoms with Gasteiger partial charge in [0.2, 0.25) is 0 Å². The highest BCUT2D eigenvalue weighted by atomic mass is 16.5. The Kier molecular flexibility index (Phi) is 14.1. The minimum Gasteiger partial charge on any atom is -0.380 e. The molecular formula is C28H35N3O2. The Balaban J connectivity index is 0.00000154. The van der Waals surface area contributed by atoms with Crippen LogP contribution >= 0.6 is 0 Å². The van der Waals surface area contributed by atoms with Gasteiger partial charge < -0.3 is 5.32 Å². The van der Waals surface area contributed by atoms with Crippen molar-refractivity contribution in [2.24, 2.45) is 4.99 Å². The van der Waals surface area contributed by atoms with Crippen molar-refractivity contribution < 1.29 is 10.0 Å². The highest BCUT2D eigenvalue weighted by Gasteiger charge is 2.28. The van der Waals surface area contributed by atoms with Gasteiger partial charge in [0, 0.05) is 25.2 Å². The van der Waals surface area contributed by atoms with Crippen LogP contribution in [0.4, 0.5) is 0 Å². The molecule has 0 unspecified atom stereocenters. The number of nitrogens with zero attached hydrogens (tertiary/aromatic N) is 2. The maximum Gasteiger partial charge on any atom is 0.278 e. The Labute approximate surface area is 199 Å². The molecule has 0 bridgehead atoms. The predicted molar refractivity (Wildman–Crippen MR) is 139 cm³/mol. The van der Waals surface area contributed by atoms with E-state index < -0.39 is 5.91 Å². The predicted octanol–water partition coefficient (Wildman–Crippen LogP) is 5.51. The zero-order valence-corrected chi connectivity index (χ0v) is 20.7. The molecule has 0 saturated heterocycles. The lowest BCUT2D eigenvalue weighted by Crippen LogP contribution is -2.40. The first-order chi connectivity index (χ1) is 15.7. The molecule has 0 spiro atoms. The van der Waals surface area contributed by atoms with E-state index in [-0.39, 0.29) is 5.84 Å². The lowest BCUT2D eigenvalue weighted by Gasteiger charge is -2.27. The summed E-state index contributed by atoms with van der Waals surface area (Å²) in [6.07, 6.45) is 16.7. The summed E-state index contributed by atoms with van der Waals surface area (Å²) in [4.78, 5) is 16.2. The molecule has 174 valence electrons. The monoisotopic (exact) mass is 445 g/mol. The summed E-state index contributed by atoms with van der Waals surface area (Å²) in [6.45, 7) is 11.8. The van der Waals surface area contributed by atoms with Crippen LogP contribution in [0.2, 0.25) is 0 Å². The minimum absolute atomic E-state index is 0.252. The highest BCUT2D eigenvalue weighted by molar-refractivity contribution is 6.15. The van der Waals surface area contributed by atoms with Crippen LogP contribution in [0.3, 0.4) is 0 Å². The smallest absolute Gasteiger partial charge is 0.278 e. The van der Waals surface area contributed by atoms with Gasteiger partial charge in [0.05, 0.1) is 5.70 Å². The molecule has 0 saturated carbocycles. The van der Waals surface area contributed by atoms with Gasteiger partial charge >= 0.3 is 0 Å². The van der Waals surface area contributed by atoms with Crippen LogP contribution in [-0.4, -0.2) is 29.1 Å². The second kappa shape index (κ2) is 15.9. The number of hydrogen-bond donors (Lipinski definition) is 2. The standard InChI is InChI=1S/C22H27N3O2.2C3H4/c1-6-7-10-16(4)18-12-9-8-11-17(18)14-24-19-13-20(26)25(27)22(23-5)21(19)15(2)3;2*1-3-2/h6-13,24,27H,14H2,1-5H3;2*1H,2H3/b7-6-,16-10+,23-22?;;. The first-order valence-corrected chi connectivity index (χ1v) is 10.5. The van der Waals surface area contributed by atoms with Crippen LogP contribution in [0.15, 0.2) is 70.4 Å². The van der Waals surface area contributed by atoms with Gasteiger partial charge in [-0.1, -0.05) is 48.1 Å². The molecule has 1 aliphatic heterocycles. The summed E-state index contributed by atoms with van der Waals surface area (Å²) in [5.41, 5.74) is 5.79. The first kappa shape index (κ1) is 29.2. The Morgan fingerprint density at radius 2 is 1.76 bits per heavy atom. The third-order valence-corrected chi connectivity index (χ3v) is 4.33. The number of carbonyl (C=O) groups excluding carboxylic acids is 1. The number of amidine groups is 1. The fourth-order valence-corrected chi connectivity index (χ4v) is 3.01. The van der Waals surface area contributed by atoms with Gasteiger partial charge in [0.1, 0.15) is 0 Å². The van der Waals surface area contributed by atoms with Gasteiger partial charge in [-0.15, -0.1) is 24.7 Å². The van der Waals surface area contributed by atoms with Gasteiger partial charge in [-0.2, -0.15) is 5.06 Å². The fraction of sp³-hybridized carbons (Fsp3) is 0.286. The van der Waals surface area contributed by atoms with Gasteiger partial charge in [-0.3, -0.25) is 15.0 Å². The topological polar surface area (TPSA) is 64.9 Å². The Bertz CT molecular complexity index is 1030. The molecule has 1 aromatic carbocycles. The molecule has 0 atom stereocenters. The van der Waals surface area contributed by atoms with Crippen molar-refractivity contribution in [1.82, 2.24) is 10.4 Å². The van der Waals surface area contributed by atoms with Gasteiger partial charge in [-0.25, -0.2) is 0 Å². The van der Waals surface area contributed by atoms with E-state index in [0.29, 0.717) is 17.3 Å². The molecule has 1 amide bonds. The fourth-order valence-electron chi connectivity index (χ4n) is 3.01. The van der Waals surface area contributed by atoms with Gasteiger partial charge in [-0.05, 0) is 58.2 Å². The number of hydrogen-bond acceptors (Lipinski definition) is 4. The first-order valence-electron chi connectivity index (χ1n) is 10.5. The van der Waals surface area contributed by atoms with Crippen LogP contribution in [0, 0.1) is 24.7 Å². The van der Waals surface area contributed by atoms with Crippen LogP contribution in [-0.2, 0) is 11.3 Å². The van der Waals surface area contributed by atoms with Crippen LogP contribution in [0.25, 0.3) is 5.57 Å². The molecule has 0 radical (unpaired) electrons. The molecular weight excluding hydrogens is 410 g/mol. The minimum atomic E-state index is -0.513. The van der Waals surface area contributed by atoms with Crippen molar-refractivity contribution in [2.75, 3.05) is 7.05 Å². The number of aliphatic imine (C=N–C) groups is 1. The lowest BCUT2D eigenvalue weighted by atomic mass is 9.98. The summed E-state index contributed by atoms with van der Waals surface area (Å²) in [6, 6.07) is 8.17. The van der Waals surface area contributed by atoms with Gasteiger partial charge in [0.15, 0.2) is 5.84 Å². The van der Waals surface area contributed by atoms with E-state index in [2.05, 4.69) is 60.1 Å². The van der Waals surface area contributed by atoms with Crippen molar-refractivity contribution in [1.29, 1.82) is 0 Å². The zero-order chi connectivity index (χ0) is 25.4. The summed E-state index contributed by atoms with van der Waals surface area (Å²) in [5, 5.41) is 13.9. The van der Waals surface area contributed by atoms with Crippen molar-refractivity contribution in [2.45, 2.75) is 48.1 Å². The maximum atomic E-state index is 12.1. The van der Waals surface area contributed by atoms with E-state index >= 15 is 0 Å². The molecule has 0 aromatic heterocycles. The molecule has 2 N–H and O–H groups in total. The number of rotatable bonds is 5. The van der Waals surface area contributed by atoms with E-state index in [1.54, 1.807) is 20.9 Å². The Morgan fingerprint density at radius 3 is 2.27 bits per heavy atom. The summed E-state index contributed by atoms with van der Waals surface area (Å²) in [7, 11) is 1.56. The quantitative estimate of drug-likeness (QED) is 0.357. The highest BCUT2D eigenvalue weighted by Crippen LogP contribution is 2.24. The van der Waals surface area contributed by atoms with Crippen molar-refractivity contribution in [3.8, 4) is 24.7 Å². The van der Waals surface area contributed by atoms with Crippen molar-refractivity contribution in [3.63, 3.8) is 0 Å². The average Bonchev–Trinajstić information content (AvgIpc) is 2.78. The summed E-state index contributed by atoms with van der Waals surface area (Å²) >= 11 is 0. The van der Waals surface area contributed by atoms with Crippen molar-refractivity contribution >= 4 is 17.3 Å². The second-order valence-electron chi connectivity index (χ2n) is 7.09. The van der Waals surface area contributed by atoms with E-state index in [1.807, 2.05) is 45.1 Å². The zero-order valence-electron chi connectivity index (χ0n) is 20.7. The third-order valence-electron chi connectivity index (χ3n) is 4.33. The molecule has 1 heterocycles. The number of nitrogens with one attached hydrogen (secondary N) is 1. The largest absolute Gasteiger partial charge is 0.380 e. The lowest BCUT2D eigenvalue weighted by molar-refractivity contribution is -0.143. The number of carbonyl (C=O) groups is 1. The number of benzene rings is 1. The van der Waals surface area contributed by atoms with Crippen LogP contribution in [0.1, 0.15) is 52.7 Å². The molecule has 0 aliphatic carbocycles. The number of allylic oxidation sites excluding steroid dienone is 5. The maximum absolute atomic E-state index is 12.1. The third kappa shape index (κ3) is 9.07. The Hall–Kier alpha value is -3.80. The summed E-state index contributed by atoms with van der Waals surface area (Å²) in [5.74, 6) is 4.24. The van der Waals surface area contributed by atoms with E-state index in [0.717, 1.165) is 22.3 Å². The Morgan fingerprint density at radius 1 is 1.18 bits per heavy atom. The van der Waals surface area contributed by atoms with Crippen molar-refractivity contribution in [3.05, 3.63) is 76.5 Å². The molecule has 1 aliphatic rings. The number of hydroxylamine groups is 2. The number of amides is 1.